The number of carbonyl (C=O) groups is 1. The molecule has 1 aromatic carbocycles. The minimum Gasteiger partial charge on any atom is -0.481 e. The number of carboxylic acid groups (broad SMARTS) is 1. The molecule has 0 amide bonds. The SMILES string of the molecule is CC(C)(C(=O)O)C1Cc2cc(F)ccc2N1. The number of rotatable bonds is 2. The molecular formula is C12H14FNO2. The lowest BCUT2D eigenvalue weighted by Crippen LogP contribution is -2.41. The van der Waals surface area contributed by atoms with Crippen molar-refractivity contribution in [2.24, 2.45) is 5.41 Å². The molecule has 0 bridgehead atoms. The van der Waals surface area contributed by atoms with Crippen molar-refractivity contribution in [2.45, 2.75) is 26.3 Å². The van der Waals surface area contributed by atoms with Gasteiger partial charge in [0.2, 0.25) is 0 Å². The van der Waals surface area contributed by atoms with Gasteiger partial charge >= 0.3 is 5.97 Å². The fourth-order valence-electron chi connectivity index (χ4n) is 1.92. The number of hydrogen-bond acceptors (Lipinski definition) is 2. The number of fused-ring (bicyclic) bond motifs is 1. The van der Waals surface area contributed by atoms with Crippen LogP contribution in [0, 0.1) is 11.2 Å². The van der Waals surface area contributed by atoms with Gasteiger partial charge in [-0.05, 0) is 44.0 Å². The largest absolute Gasteiger partial charge is 0.481 e. The molecule has 0 fully saturated rings. The maximum absolute atomic E-state index is 13.0. The molecule has 3 nitrogen and oxygen atoms in total. The quantitative estimate of drug-likeness (QED) is 0.808. The van der Waals surface area contributed by atoms with Gasteiger partial charge in [0.05, 0.1) is 5.41 Å². The third-order valence-electron chi connectivity index (χ3n) is 3.24. The summed E-state index contributed by atoms with van der Waals surface area (Å²) in [6.45, 7) is 3.35. The van der Waals surface area contributed by atoms with Crippen molar-refractivity contribution < 1.29 is 14.3 Å². The van der Waals surface area contributed by atoms with Gasteiger partial charge in [-0.2, -0.15) is 0 Å². The van der Waals surface area contributed by atoms with E-state index in [0.717, 1.165) is 11.3 Å². The Morgan fingerprint density at radius 2 is 2.25 bits per heavy atom. The van der Waals surface area contributed by atoms with Gasteiger partial charge in [-0.25, -0.2) is 4.39 Å². The van der Waals surface area contributed by atoms with Gasteiger partial charge in [-0.15, -0.1) is 0 Å². The van der Waals surface area contributed by atoms with Crippen LogP contribution in [0.25, 0.3) is 0 Å². The fraction of sp³-hybridized carbons (Fsp3) is 0.417. The van der Waals surface area contributed by atoms with E-state index in [1.807, 2.05) is 0 Å². The minimum absolute atomic E-state index is 0.193. The van der Waals surface area contributed by atoms with E-state index in [0.29, 0.717) is 6.42 Å². The van der Waals surface area contributed by atoms with Crippen molar-refractivity contribution in [3.05, 3.63) is 29.6 Å². The highest BCUT2D eigenvalue weighted by Crippen LogP contribution is 2.35. The van der Waals surface area contributed by atoms with Crippen LogP contribution in [0.2, 0.25) is 0 Å². The molecule has 0 aliphatic carbocycles. The average Bonchev–Trinajstić information content (AvgIpc) is 2.60. The van der Waals surface area contributed by atoms with E-state index in [1.54, 1.807) is 19.9 Å². The van der Waals surface area contributed by atoms with Gasteiger partial charge in [0, 0.05) is 11.7 Å². The molecule has 0 radical (unpaired) electrons. The van der Waals surface area contributed by atoms with Gasteiger partial charge in [0.1, 0.15) is 5.82 Å². The first-order valence-electron chi connectivity index (χ1n) is 5.19. The zero-order chi connectivity index (χ0) is 11.9. The number of hydrogen-bond donors (Lipinski definition) is 2. The summed E-state index contributed by atoms with van der Waals surface area (Å²) < 4.78 is 13.0. The molecule has 2 N–H and O–H groups in total. The molecule has 2 rings (SSSR count). The van der Waals surface area contributed by atoms with E-state index in [-0.39, 0.29) is 11.9 Å². The second-order valence-corrected chi connectivity index (χ2v) is 4.73. The molecular weight excluding hydrogens is 209 g/mol. The van der Waals surface area contributed by atoms with Crippen molar-refractivity contribution in [2.75, 3.05) is 5.32 Å². The van der Waals surface area contributed by atoms with Crippen LogP contribution in [-0.4, -0.2) is 17.1 Å². The van der Waals surface area contributed by atoms with Crippen LogP contribution < -0.4 is 5.32 Å². The van der Waals surface area contributed by atoms with Gasteiger partial charge in [0.15, 0.2) is 0 Å². The molecule has 0 saturated carbocycles. The number of benzene rings is 1. The Kier molecular flexibility index (Phi) is 2.37. The molecule has 16 heavy (non-hydrogen) atoms. The first kappa shape index (κ1) is 10.9. The molecule has 86 valence electrons. The summed E-state index contributed by atoms with van der Waals surface area (Å²) in [7, 11) is 0. The van der Waals surface area contributed by atoms with Crippen LogP contribution in [0.1, 0.15) is 19.4 Å². The van der Waals surface area contributed by atoms with Gasteiger partial charge in [-0.3, -0.25) is 4.79 Å². The van der Waals surface area contributed by atoms with Crippen molar-refractivity contribution in [3.63, 3.8) is 0 Å². The van der Waals surface area contributed by atoms with Crippen LogP contribution in [0.5, 0.6) is 0 Å². The maximum atomic E-state index is 13.0. The Morgan fingerprint density at radius 1 is 1.56 bits per heavy atom. The highest BCUT2D eigenvalue weighted by molar-refractivity contribution is 5.76. The van der Waals surface area contributed by atoms with Gasteiger partial charge < -0.3 is 10.4 Å². The fourth-order valence-corrected chi connectivity index (χ4v) is 1.92. The second kappa shape index (κ2) is 3.47. The predicted octanol–water partition coefficient (Wildman–Crippen LogP) is 2.27. The monoisotopic (exact) mass is 223 g/mol. The van der Waals surface area contributed by atoms with Gasteiger partial charge in [0.25, 0.3) is 0 Å². The van der Waals surface area contributed by atoms with Gasteiger partial charge in [-0.1, -0.05) is 0 Å². The van der Waals surface area contributed by atoms with Crippen LogP contribution >= 0.6 is 0 Å². The maximum Gasteiger partial charge on any atom is 0.311 e. The first-order chi connectivity index (χ1) is 7.41. The zero-order valence-electron chi connectivity index (χ0n) is 9.25. The molecule has 1 aromatic rings. The minimum atomic E-state index is -0.866. The molecule has 0 aromatic heterocycles. The Labute approximate surface area is 93.3 Å². The van der Waals surface area contributed by atoms with E-state index < -0.39 is 11.4 Å². The second-order valence-electron chi connectivity index (χ2n) is 4.73. The summed E-state index contributed by atoms with van der Waals surface area (Å²) in [6, 6.07) is 4.30. The summed E-state index contributed by atoms with van der Waals surface area (Å²) >= 11 is 0. The molecule has 1 aliphatic heterocycles. The number of carboxylic acids is 1. The van der Waals surface area contributed by atoms with Crippen LogP contribution in [0.15, 0.2) is 18.2 Å². The third-order valence-corrected chi connectivity index (χ3v) is 3.24. The number of nitrogens with one attached hydrogen (secondary N) is 1. The average molecular weight is 223 g/mol. The predicted molar refractivity (Wildman–Crippen MR) is 58.9 cm³/mol. The summed E-state index contributed by atoms with van der Waals surface area (Å²) in [5.41, 5.74) is 0.815. The highest BCUT2D eigenvalue weighted by Gasteiger charge is 2.40. The lowest BCUT2D eigenvalue weighted by molar-refractivity contribution is -0.147. The number of aliphatic carboxylic acids is 1. The van der Waals surface area contributed by atoms with Crippen LogP contribution in [0.4, 0.5) is 10.1 Å². The van der Waals surface area contributed by atoms with Crippen molar-refractivity contribution >= 4 is 11.7 Å². The van der Waals surface area contributed by atoms with Crippen molar-refractivity contribution in [1.82, 2.24) is 0 Å². The molecule has 0 saturated heterocycles. The molecule has 4 heteroatoms. The lowest BCUT2D eigenvalue weighted by Gasteiger charge is -2.27. The van der Waals surface area contributed by atoms with Crippen LogP contribution in [-0.2, 0) is 11.2 Å². The Balaban J connectivity index is 2.26. The molecule has 1 heterocycles. The van der Waals surface area contributed by atoms with E-state index in [2.05, 4.69) is 5.32 Å². The van der Waals surface area contributed by atoms with Crippen LogP contribution in [0.3, 0.4) is 0 Å². The normalized spacial score (nSPS) is 19.1. The number of halogens is 1. The molecule has 1 unspecified atom stereocenters. The van der Waals surface area contributed by atoms with E-state index in [4.69, 9.17) is 5.11 Å². The zero-order valence-corrected chi connectivity index (χ0v) is 9.25. The summed E-state index contributed by atoms with van der Waals surface area (Å²) in [4.78, 5) is 11.1. The van der Waals surface area contributed by atoms with E-state index >= 15 is 0 Å². The topological polar surface area (TPSA) is 49.3 Å². The Morgan fingerprint density at radius 3 is 2.88 bits per heavy atom. The summed E-state index contributed by atoms with van der Waals surface area (Å²) in [5, 5.41) is 12.3. The number of anilines is 1. The lowest BCUT2D eigenvalue weighted by atomic mass is 9.83. The first-order valence-corrected chi connectivity index (χ1v) is 5.19. The van der Waals surface area contributed by atoms with Crippen molar-refractivity contribution in [3.8, 4) is 0 Å². The summed E-state index contributed by atoms with van der Waals surface area (Å²) in [5.74, 6) is -1.13. The molecule has 1 atom stereocenters. The highest BCUT2D eigenvalue weighted by atomic mass is 19.1. The van der Waals surface area contributed by atoms with Crippen molar-refractivity contribution in [1.29, 1.82) is 0 Å². The third kappa shape index (κ3) is 1.64. The van der Waals surface area contributed by atoms with E-state index in [9.17, 15) is 9.18 Å². The van der Waals surface area contributed by atoms with E-state index in [1.165, 1.54) is 12.1 Å². The molecule has 0 spiro atoms. The Bertz CT molecular complexity index is 443. The smallest absolute Gasteiger partial charge is 0.311 e. The Hall–Kier alpha value is -1.58. The standard InChI is InChI=1S/C12H14FNO2/c1-12(2,11(15)16)10-6-7-5-8(13)3-4-9(7)14-10/h3-5,10,14H,6H2,1-2H3,(H,15,16). The molecule has 1 aliphatic rings. The summed E-state index contributed by atoms with van der Waals surface area (Å²) in [6.07, 6.45) is 0.548.